The number of amides is 1. The lowest BCUT2D eigenvalue weighted by molar-refractivity contribution is -0.139. The van der Waals surface area contributed by atoms with Gasteiger partial charge in [0.1, 0.15) is 6.04 Å². The molecule has 0 aliphatic rings. The molecule has 0 saturated carbocycles. The van der Waals surface area contributed by atoms with Gasteiger partial charge in [0.25, 0.3) is 0 Å². The smallest absolute Gasteiger partial charge is 0.321 e. The number of carbonyl (C=O) groups is 2. The van der Waals surface area contributed by atoms with Crippen LogP contribution in [0.2, 0.25) is 5.02 Å². The van der Waals surface area contributed by atoms with Crippen LogP contribution in [0.25, 0.3) is 0 Å². The van der Waals surface area contributed by atoms with Gasteiger partial charge >= 0.3 is 5.97 Å². The second kappa shape index (κ2) is 7.76. The fraction of sp³-hybridized carbons (Fsp3) is 0.429. The van der Waals surface area contributed by atoms with E-state index in [4.69, 9.17) is 16.7 Å². The van der Waals surface area contributed by atoms with Crippen molar-refractivity contribution in [3.8, 4) is 0 Å². The standard InChI is InChI=1S/C14H19ClN2O5S/c1-8(2)6-13(14(19)20)17-23(21,22)10-4-5-12(11(15)7-10)16-9(3)18/h4-5,7-8,13,17H,6H2,1-3H3,(H,16,18)(H,19,20)/t13-/m1/s1. The number of benzene rings is 1. The van der Waals surface area contributed by atoms with Crippen molar-refractivity contribution < 1.29 is 23.1 Å². The number of rotatable bonds is 7. The molecule has 0 bridgehead atoms. The van der Waals surface area contributed by atoms with Gasteiger partial charge in [-0.15, -0.1) is 0 Å². The average Bonchev–Trinajstić information content (AvgIpc) is 2.38. The summed E-state index contributed by atoms with van der Waals surface area (Å²) in [5, 5.41) is 11.6. The summed E-state index contributed by atoms with van der Waals surface area (Å²) in [6.45, 7) is 4.89. The first-order valence-electron chi connectivity index (χ1n) is 6.85. The first-order chi connectivity index (χ1) is 10.5. The van der Waals surface area contributed by atoms with Crippen LogP contribution in [0.5, 0.6) is 0 Å². The highest BCUT2D eigenvalue weighted by Gasteiger charge is 2.26. The average molecular weight is 363 g/mol. The van der Waals surface area contributed by atoms with Crippen molar-refractivity contribution in [1.29, 1.82) is 0 Å². The predicted molar refractivity (Wildman–Crippen MR) is 87.0 cm³/mol. The summed E-state index contributed by atoms with van der Waals surface area (Å²) >= 11 is 5.94. The summed E-state index contributed by atoms with van der Waals surface area (Å²) in [6, 6.07) is 2.52. The van der Waals surface area contributed by atoms with Crippen molar-refractivity contribution >= 4 is 39.2 Å². The van der Waals surface area contributed by atoms with E-state index >= 15 is 0 Å². The summed E-state index contributed by atoms with van der Waals surface area (Å²) in [7, 11) is -4.05. The summed E-state index contributed by atoms with van der Waals surface area (Å²) in [5.74, 6) is -1.59. The molecule has 0 radical (unpaired) electrons. The number of carboxylic acids is 1. The van der Waals surface area contributed by atoms with Crippen LogP contribution in [0.3, 0.4) is 0 Å². The molecule has 9 heteroatoms. The van der Waals surface area contributed by atoms with Gasteiger partial charge in [-0.3, -0.25) is 9.59 Å². The maximum absolute atomic E-state index is 12.3. The van der Waals surface area contributed by atoms with E-state index in [0.29, 0.717) is 0 Å². The van der Waals surface area contributed by atoms with Gasteiger partial charge in [-0.25, -0.2) is 8.42 Å². The van der Waals surface area contributed by atoms with E-state index in [2.05, 4.69) is 10.0 Å². The van der Waals surface area contributed by atoms with Crippen molar-refractivity contribution in [3.63, 3.8) is 0 Å². The number of halogens is 1. The summed E-state index contributed by atoms with van der Waals surface area (Å²) in [6.07, 6.45) is 0.159. The number of hydrogen-bond donors (Lipinski definition) is 3. The third-order valence-electron chi connectivity index (χ3n) is 2.86. The fourth-order valence-corrected chi connectivity index (χ4v) is 3.40. The Balaban J connectivity index is 3.05. The zero-order valence-corrected chi connectivity index (χ0v) is 14.5. The zero-order chi connectivity index (χ0) is 17.8. The van der Waals surface area contributed by atoms with E-state index in [1.165, 1.54) is 19.1 Å². The fourth-order valence-electron chi connectivity index (χ4n) is 1.88. The van der Waals surface area contributed by atoms with Crippen LogP contribution in [0, 0.1) is 5.92 Å². The molecule has 0 saturated heterocycles. The Hall–Kier alpha value is -1.64. The molecule has 0 heterocycles. The van der Waals surface area contributed by atoms with Crippen LogP contribution in [0.15, 0.2) is 23.1 Å². The normalized spacial score (nSPS) is 12.9. The molecule has 1 amide bonds. The number of hydrogen-bond acceptors (Lipinski definition) is 4. The Labute approximate surface area is 140 Å². The molecular formula is C14H19ClN2O5S. The van der Waals surface area contributed by atoms with Gasteiger partial charge in [0, 0.05) is 6.92 Å². The Bertz CT molecular complexity index is 703. The van der Waals surface area contributed by atoms with Gasteiger partial charge in [-0.2, -0.15) is 4.72 Å². The van der Waals surface area contributed by atoms with E-state index in [1.54, 1.807) is 13.8 Å². The Kier molecular flexibility index (Phi) is 6.55. The molecule has 7 nitrogen and oxygen atoms in total. The lowest BCUT2D eigenvalue weighted by Gasteiger charge is -2.17. The van der Waals surface area contributed by atoms with Crippen molar-refractivity contribution in [2.24, 2.45) is 5.92 Å². The van der Waals surface area contributed by atoms with Crippen LogP contribution in [0.4, 0.5) is 5.69 Å². The van der Waals surface area contributed by atoms with E-state index in [-0.39, 0.29) is 33.9 Å². The molecule has 0 fully saturated rings. The maximum atomic E-state index is 12.3. The lowest BCUT2D eigenvalue weighted by Crippen LogP contribution is -2.41. The number of sulfonamides is 1. The minimum absolute atomic E-state index is 0.00419. The molecule has 128 valence electrons. The minimum atomic E-state index is -4.05. The van der Waals surface area contributed by atoms with Crippen LogP contribution < -0.4 is 10.0 Å². The van der Waals surface area contributed by atoms with Crippen molar-refractivity contribution in [3.05, 3.63) is 23.2 Å². The molecule has 0 unspecified atom stereocenters. The van der Waals surface area contributed by atoms with Gasteiger partial charge in [-0.1, -0.05) is 25.4 Å². The Morgan fingerprint density at radius 3 is 2.35 bits per heavy atom. The molecule has 1 aromatic carbocycles. The molecule has 3 N–H and O–H groups in total. The third-order valence-corrected chi connectivity index (χ3v) is 4.65. The maximum Gasteiger partial charge on any atom is 0.321 e. The largest absolute Gasteiger partial charge is 0.480 e. The highest BCUT2D eigenvalue weighted by molar-refractivity contribution is 7.89. The molecule has 1 rings (SSSR count). The molecule has 0 aromatic heterocycles. The van der Waals surface area contributed by atoms with Gasteiger partial charge < -0.3 is 10.4 Å². The second-order valence-corrected chi connectivity index (χ2v) is 7.59. The SMILES string of the molecule is CC(=O)Nc1ccc(S(=O)(=O)N[C@H](CC(C)C)C(=O)O)cc1Cl. The number of carbonyl (C=O) groups excluding carboxylic acids is 1. The van der Waals surface area contributed by atoms with Crippen molar-refractivity contribution in [2.75, 3.05) is 5.32 Å². The molecule has 0 aliphatic carbocycles. The number of nitrogens with one attached hydrogen (secondary N) is 2. The number of anilines is 1. The summed E-state index contributed by atoms with van der Waals surface area (Å²) in [5.41, 5.74) is 0.273. The molecule has 23 heavy (non-hydrogen) atoms. The lowest BCUT2D eigenvalue weighted by atomic mass is 10.1. The van der Waals surface area contributed by atoms with Crippen LogP contribution in [0.1, 0.15) is 27.2 Å². The van der Waals surface area contributed by atoms with Gasteiger partial charge in [0.05, 0.1) is 15.6 Å². The van der Waals surface area contributed by atoms with Crippen molar-refractivity contribution in [2.45, 2.75) is 38.1 Å². The Morgan fingerprint density at radius 1 is 1.30 bits per heavy atom. The van der Waals surface area contributed by atoms with Crippen LogP contribution in [-0.4, -0.2) is 31.4 Å². The minimum Gasteiger partial charge on any atom is -0.480 e. The first kappa shape index (κ1) is 19.4. The summed E-state index contributed by atoms with van der Waals surface area (Å²) in [4.78, 5) is 22.0. The predicted octanol–water partition coefficient (Wildman–Crippen LogP) is 2.08. The van der Waals surface area contributed by atoms with Crippen molar-refractivity contribution in [1.82, 2.24) is 4.72 Å². The van der Waals surface area contributed by atoms with Gasteiger partial charge in [-0.05, 0) is 30.5 Å². The molecule has 0 spiro atoms. The van der Waals surface area contributed by atoms with Crippen LogP contribution in [-0.2, 0) is 19.6 Å². The van der Waals surface area contributed by atoms with E-state index < -0.39 is 22.0 Å². The highest BCUT2D eigenvalue weighted by atomic mass is 35.5. The van der Waals surface area contributed by atoms with E-state index in [9.17, 15) is 18.0 Å². The van der Waals surface area contributed by atoms with Gasteiger partial charge in [0.15, 0.2) is 0 Å². The highest BCUT2D eigenvalue weighted by Crippen LogP contribution is 2.25. The summed E-state index contributed by atoms with van der Waals surface area (Å²) < 4.78 is 26.7. The second-order valence-electron chi connectivity index (χ2n) is 5.46. The van der Waals surface area contributed by atoms with E-state index in [0.717, 1.165) is 6.07 Å². The topological polar surface area (TPSA) is 113 Å². The van der Waals surface area contributed by atoms with Crippen LogP contribution >= 0.6 is 11.6 Å². The van der Waals surface area contributed by atoms with E-state index in [1.807, 2.05) is 0 Å². The molecule has 0 aliphatic heterocycles. The molecule has 1 atom stereocenters. The zero-order valence-electron chi connectivity index (χ0n) is 13.0. The number of aliphatic carboxylic acids is 1. The monoisotopic (exact) mass is 362 g/mol. The first-order valence-corrected chi connectivity index (χ1v) is 8.71. The van der Waals surface area contributed by atoms with Gasteiger partial charge in [0.2, 0.25) is 15.9 Å². The third kappa shape index (κ3) is 5.81. The number of carboxylic acid groups (broad SMARTS) is 1. The molecular weight excluding hydrogens is 344 g/mol. The quantitative estimate of drug-likeness (QED) is 0.687. The molecule has 1 aromatic rings. The Morgan fingerprint density at radius 2 is 1.91 bits per heavy atom.